The molecule has 0 unspecified atom stereocenters. The van der Waals surface area contributed by atoms with E-state index < -0.39 is 0 Å². The second-order valence-electron chi connectivity index (χ2n) is 7.71. The van der Waals surface area contributed by atoms with E-state index in [-0.39, 0.29) is 12.0 Å². The van der Waals surface area contributed by atoms with E-state index >= 15 is 0 Å². The molecule has 0 radical (unpaired) electrons. The average molecular weight is 401 g/mol. The Balaban J connectivity index is 1.25. The van der Waals surface area contributed by atoms with Gasteiger partial charge in [-0.1, -0.05) is 0 Å². The zero-order valence-electron chi connectivity index (χ0n) is 16.6. The van der Waals surface area contributed by atoms with Crippen LogP contribution < -0.4 is 4.74 Å². The Morgan fingerprint density at radius 2 is 1.75 bits per heavy atom. The van der Waals surface area contributed by atoms with Crippen molar-refractivity contribution in [3.8, 4) is 5.75 Å². The number of hydrogen-bond acceptors (Lipinski definition) is 6. The molecule has 0 N–H and O–H groups in total. The standard InChI is InChI=1S/C21H28N4O2S/c1-15-20(28-16(2)23-15)21(26)25-11-5-17(6-12-25)24-13-7-19(8-14-24)27-18-3-9-22-10-4-18/h3-4,9-10,17,19H,5-8,11-14H2,1-2H3. The summed E-state index contributed by atoms with van der Waals surface area (Å²) in [5, 5.41) is 0.965. The quantitative estimate of drug-likeness (QED) is 0.788. The van der Waals surface area contributed by atoms with Crippen LogP contribution >= 0.6 is 11.3 Å². The maximum Gasteiger partial charge on any atom is 0.265 e. The zero-order chi connectivity index (χ0) is 19.5. The van der Waals surface area contributed by atoms with Crippen LogP contribution in [-0.2, 0) is 0 Å². The SMILES string of the molecule is Cc1nc(C)c(C(=O)N2CCC(N3CCC(Oc4ccncc4)CC3)CC2)s1. The first-order valence-electron chi connectivity index (χ1n) is 10.1. The Morgan fingerprint density at radius 1 is 1.07 bits per heavy atom. The average Bonchev–Trinajstić information content (AvgIpc) is 3.07. The van der Waals surface area contributed by atoms with Crippen LogP contribution in [0.3, 0.4) is 0 Å². The molecule has 2 aliphatic heterocycles. The number of aromatic nitrogens is 2. The molecular formula is C21H28N4O2S. The predicted octanol–water partition coefficient (Wildman–Crippen LogP) is 3.30. The molecule has 4 rings (SSSR count). The van der Waals surface area contributed by atoms with Crippen LogP contribution in [0.25, 0.3) is 0 Å². The molecule has 0 aromatic carbocycles. The first-order valence-corrected chi connectivity index (χ1v) is 11.0. The summed E-state index contributed by atoms with van der Waals surface area (Å²) < 4.78 is 6.08. The molecule has 1 amide bonds. The van der Waals surface area contributed by atoms with Gasteiger partial charge in [-0.2, -0.15) is 0 Å². The summed E-state index contributed by atoms with van der Waals surface area (Å²) in [6.45, 7) is 7.72. The predicted molar refractivity (Wildman–Crippen MR) is 110 cm³/mol. The summed E-state index contributed by atoms with van der Waals surface area (Å²) in [4.78, 5) is 26.6. The molecule has 0 aliphatic carbocycles. The van der Waals surface area contributed by atoms with Crippen molar-refractivity contribution >= 4 is 17.2 Å². The molecule has 150 valence electrons. The fourth-order valence-electron chi connectivity index (χ4n) is 4.28. The van der Waals surface area contributed by atoms with Gasteiger partial charge in [0.25, 0.3) is 5.91 Å². The number of rotatable bonds is 4. The van der Waals surface area contributed by atoms with E-state index in [4.69, 9.17) is 4.74 Å². The summed E-state index contributed by atoms with van der Waals surface area (Å²) in [5.41, 5.74) is 0.867. The van der Waals surface area contributed by atoms with Crippen LogP contribution in [0.5, 0.6) is 5.75 Å². The molecule has 2 aromatic heterocycles. The van der Waals surface area contributed by atoms with Gasteiger partial charge >= 0.3 is 0 Å². The van der Waals surface area contributed by atoms with Crippen LogP contribution in [0.1, 0.15) is 46.1 Å². The van der Waals surface area contributed by atoms with Crippen molar-refractivity contribution in [1.29, 1.82) is 0 Å². The molecule has 0 spiro atoms. The van der Waals surface area contributed by atoms with Crippen molar-refractivity contribution in [1.82, 2.24) is 19.8 Å². The number of ether oxygens (including phenoxy) is 1. The third-order valence-corrected chi connectivity index (χ3v) is 6.86. The van der Waals surface area contributed by atoms with Gasteiger partial charge in [-0.15, -0.1) is 11.3 Å². The first-order chi connectivity index (χ1) is 13.6. The lowest BCUT2D eigenvalue weighted by Gasteiger charge is -2.41. The van der Waals surface area contributed by atoms with E-state index in [1.165, 1.54) is 11.3 Å². The van der Waals surface area contributed by atoms with E-state index in [9.17, 15) is 4.79 Å². The number of hydrogen-bond donors (Lipinski definition) is 0. The molecule has 2 saturated heterocycles. The number of carbonyl (C=O) groups excluding carboxylic acids is 1. The number of likely N-dealkylation sites (tertiary alicyclic amines) is 2. The van der Waals surface area contributed by atoms with Crippen LogP contribution in [-0.4, -0.2) is 64.0 Å². The van der Waals surface area contributed by atoms with Crippen LogP contribution in [0, 0.1) is 13.8 Å². The fourth-order valence-corrected chi connectivity index (χ4v) is 5.16. The third kappa shape index (κ3) is 4.36. The molecule has 28 heavy (non-hydrogen) atoms. The minimum Gasteiger partial charge on any atom is -0.490 e. The van der Waals surface area contributed by atoms with Crippen molar-refractivity contribution < 1.29 is 9.53 Å². The number of piperidine rings is 2. The Labute approximate surface area is 170 Å². The lowest BCUT2D eigenvalue weighted by atomic mass is 9.98. The minimum absolute atomic E-state index is 0.158. The Bertz CT molecular complexity index is 794. The molecule has 0 bridgehead atoms. The highest BCUT2D eigenvalue weighted by Gasteiger charge is 2.31. The summed E-state index contributed by atoms with van der Waals surface area (Å²) >= 11 is 1.52. The van der Waals surface area contributed by atoms with Gasteiger partial charge in [0.1, 0.15) is 16.7 Å². The highest BCUT2D eigenvalue weighted by Crippen LogP contribution is 2.26. The van der Waals surface area contributed by atoms with E-state index in [1.807, 2.05) is 30.9 Å². The van der Waals surface area contributed by atoms with E-state index in [2.05, 4.69) is 14.9 Å². The summed E-state index contributed by atoms with van der Waals surface area (Å²) in [7, 11) is 0. The van der Waals surface area contributed by atoms with Crippen molar-refractivity contribution in [3.05, 3.63) is 40.1 Å². The smallest absolute Gasteiger partial charge is 0.265 e. The van der Waals surface area contributed by atoms with E-state index in [1.54, 1.807) is 12.4 Å². The number of nitrogens with zero attached hydrogens (tertiary/aromatic N) is 4. The topological polar surface area (TPSA) is 58.6 Å². The molecule has 6 nitrogen and oxygen atoms in total. The lowest BCUT2D eigenvalue weighted by molar-refractivity contribution is 0.0427. The lowest BCUT2D eigenvalue weighted by Crippen LogP contribution is -2.50. The number of carbonyl (C=O) groups is 1. The molecule has 2 fully saturated rings. The molecular weight excluding hydrogens is 372 g/mol. The Kier molecular flexibility index (Phi) is 5.92. The van der Waals surface area contributed by atoms with Crippen molar-refractivity contribution in [3.63, 3.8) is 0 Å². The number of amides is 1. The molecule has 2 aromatic rings. The van der Waals surface area contributed by atoms with Crippen molar-refractivity contribution in [2.45, 2.75) is 51.7 Å². The Hall–Kier alpha value is -1.99. The van der Waals surface area contributed by atoms with Crippen molar-refractivity contribution in [2.75, 3.05) is 26.2 Å². The summed E-state index contributed by atoms with van der Waals surface area (Å²) in [5.74, 6) is 1.07. The second kappa shape index (κ2) is 8.57. The molecule has 2 aliphatic rings. The first kappa shape index (κ1) is 19.3. The minimum atomic E-state index is 0.158. The van der Waals surface area contributed by atoms with E-state index in [0.717, 1.165) is 73.2 Å². The maximum atomic E-state index is 12.8. The van der Waals surface area contributed by atoms with Crippen LogP contribution in [0.15, 0.2) is 24.5 Å². The van der Waals surface area contributed by atoms with Gasteiger partial charge in [-0.25, -0.2) is 4.98 Å². The van der Waals surface area contributed by atoms with Crippen LogP contribution in [0.4, 0.5) is 0 Å². The van der Waals surface area contributed by atoms with Gasteiger partial charge in [-0.3, -0.25) is 14.7 Å². The van der Waals surface area contributed by atoms with E-state index in [0.29, 0.717) is 6.04 Å². The van der Waals surface area contributed by atoms with Gasteiger partial charge in [0.05, 0.1) is 10.7 Å². The Morgan fingerprint density at radius 3 is 2.36 bits per heavy atom. The van der Waals surface area contributed by atoms with Gasteiger partial charge in [0.15, 0.2) is 0 Å². The van der Waals surface area contributed by atoms with Crippen LogP contribution in [0.2, 0.25) is 0 Å². The molecule has 4 heterocycles. The summed E-state index contributed by atoms with van der Waals surface area (Å²) in [6.07, 6.45) is 8.06. The van der Waals surface area contributed by atoms with Gasteiger partial charge < -0.3 is 9.64 Å². The highest BCUT2D eigenvalue weighted by molar-refractivity contribution is 7.13. The fraction of sp³-hybridized carbons (Fsp3) is 0.571. The van der Waals surface area contributed by atoms with Gasteiger partial charge in [-0.05, 0) is 51.7 Å². The normalized spacial score (nSPS) is 19.7. The number of pyridine rings is 1. The highest BCUT2D eigenvalue weighted by atomic mass is 32.1. The largest absolute Gasteiger partial charge is 0.490 e. The van der Waals surface area contributed by atoms with Crippen molar-refractivity contribution in [2.24, 2.45) is 0 Å². The number of aryl methyl sites for hydroxylation is 2. The molecule has 0 saturated carbocycles. The van der Waals surface area contributed by atoms with Gasteiger partial charge in [0.2, 0.25) is 0 Å². The number of thiazole rings is 1. The zero-order valence-corrected chi connectivity index (χ0v) is 17.5. The molecule has 0 atom stereocenters. The summed E-state index contributed by atoms with van der Waals surface area (Å²) in [6, 6.07) is 4.42. The monoisotopic (exact) mass is 400 g/mol. The third-order valence-electron chi connectivity index (χ3n) is 5.79. The molecule has 7 heteroatoms. The van der Waals surface area contributed by atoms with Gasteiger partial charge in [0, 0.05) is 44.6 Å². The second-order valence-corrected chi connectivity index (χ2v) is 8.91. The maximum absolute atomic E-state index is 12.8.